The van der Waals surface area contributed by atoms with Crippen LogP contribution in [-0.2, 0) is 24.5 Å². The number of carbonyl (C=O) groups excluding carboxylic acids is 3. The molecule has 3 atom stereocenters. The van der Waals surface area contributed by atoms with Gasteiger partial charge in [0.05, 0.1) is 31.2 Å². The van der Waals surface area contributed by atoms with Crippen molar-refractivity contribution < 1.29 is 23.9 Å². The number of hydrogen-bond donors (Lipinski definition) is 0. The van der Waals surface area contributed by atoms with E-state index in [4.69, 9.17) is 21.1 Å². The Balaban J connectivity index is 1.80. The predicted octanol–water partition coefficient (Wildman–Crippen LogP) is 2.97. The monoisotopic (exact) mass is 399 g/mol. The number of halogens is 1. The smallest absolute Gasteiger partial charge is 0.311 e. The summed E-state index contributed by atoms with van der Waals surface area (Å²) in [7, 11) is 1.51. The van der Waals surface area contributed by atoms with E-state index in [0.717, 1.165) is 4.90 Å². The Morgan fingerprint density at radius 3 is 2.54 bits per heavy atom. The van der Waals surface area contributed by atoms with E-state index < -0.39 is 35.0 Å². The molecule has 1 heterocycles. The number of fused-ring (bicyclic) bond motifs is 1. The summed E-state index contributed by atoms with van der Waals surface area (Å²) in [6, 6.07) is 13.4. The number of amides is 2. The Morgan fingerprint density at radius 1 is 1.18 bits per heavy atom. The molecular formula is C21H18ClNO5. The number of methoxy groups -OCH3 is 1. The second-order valence-electron chi connectivity index (χ2n) is 6.76. The SMILES string of the molecule is CCOC(=O)C1C2C(=O)N(c3cccc(OC)c3)C(=O)C12c1ccc(Cl)cc1. The van der Waals surface area contributed by atoms with E-state index >= 15 is 0 Å². The Labute approximate surface area is 167 Å². The van der Waals surface area contributed by atoms with Gasteiger partial charge in [0.25, 0.3) is 0 Å². The molecule has 0 aromatic heterocycles. The number of imide groups is 1. The van der Waals surface area contributed by atoms with Crippen molar-refractivity contribution in [1.29, 1.82) is 0 Å². The van der Waals surface area contributed by atoms with Crippen molar-refractivity contribution in [1.82, 2.24) is 0 Å². The van der Waals surface area contributed by atoms with Crippen LogP contribution in [0.25, 0.3) is 0 Å². The number of hydrogen-bond acceptors (Lipinski definition) is 5. The average molecular weight is 400 g/mol. The highest BCUT2D eigenvalue weighted by molar-refractivity contribution is 6.32. The maximum atomic E-state index is 13.5. The molecule has 1 saturated carbocycles. The molecule has 6 nitrogen and oxygen atoms in total. The number of ether oxygens (including phenoxy) is 2. The molecule has 1 aliphatic heterocycles. The summed E-state index contributed by atoms with van der Waals surface area (Å²) in [6.45, 7) is 1.87. The van der Waals surface area contributed by atoms with Gasteiger partial charge in [-0.25, -0.2) is 4.90 Å². The fourth-order valence-electron chi connectivity index (χ4n) is 4.17. The minimum Gasteiger partial charge on any atom is -0.497 e. The van der Waals surface area contributed by atoms with Crippen LogP contribution >= 0.6 is 11.6 Å². The first-order chi connectivity index (χ1) is 13.5. The molecule has 144 valence electrons. The van der Waals surface area contributed by atoms with Crippen molar-refractivity contribution >= 4 is 35.1 Å². The standard InChI is InChI=1S/C21H18ClNO5/c1-3-28-19(25)17-16-18(24)23(14-5-4-6-15(11-14)27-2)20(26)21(16,17)12-7-9-13(22)10-8-12/h4-11,16-17H,3H2,1-2H3. The van der Waals surface area contributed by atoms with Gasteiger partial charge in [0.2, 0.25) is 11.8 Å². The van der Waals surface area contributed by atoms with E-state index in [9.17, 15) is 14.4 Å². The summed E-state index contributed by atoms with van der Waals surface area (Å²) in [5.74, 6) is -2.46. The summed E-state index contributed by atoms with van der Waals surface area (Å²) in [5.41, 5.74) is -0.252. The van der Waals surface area contributed by atoms with Gasteiger partial charge in [-0.05, 0) is 36.8 Å². The van der Waals surface area contributed by atoms with Gasteiger partial charge in [0, 0.05) is 11.1 Å². The summed E-state index contributed by atoms with van der Waals surface area (Å²) in [6.07, 6.45) is 0. The number of benzene rings is 2. The van der Waals surface area contributed by atoms with Crippen molar-refractivity contribution in [3.63, 3.8) is 0 Å². The second kappa shape index (κ2) is 6.63. The summed E-state index contributed by atoms with van der Waals surface area (Å²) in [5, 5.41) is 0.506. The van der Waals surface area contributed by atoms with Gasteiger partial charge >= 0.3 is 5.97 Å². The van der Waals surface area contributed by atoms with Crippen molar-refractivity contribution in [2.24, 2.45) is 11.8 Å². The number of esters is 1. The lowest BCUT2D eigenvalue weighted by Crippen LogP contribution is -2.40. The van der Waals surface area contributed by atoms with E-state index in [1.54, 1.807) is 55.5 Å². The molecule has 28 heavy (non-hydrogen) atoms. The first-order valence-electron chi connectivity index (χ1n) is 8.92. The number of nitrogens with zero attached hydrogens (tertiary/aromatic N) is 1. The zero-order valence-corrected chi connectivity index (χ0v) is 16.1. The van der Waals surface area contributed by atoms with E-state index in [1.807, 2.05) is 0 Å². The first kappa shape index (κ1) is 18.5. The topological polar surface area (TPSA) is 72.9 Å². The Hall–Kier alpha value is -2.86. The highest BCUT2D eigenvalue weighted by Gasteiger charge is 2.83. The maximum Gasteiger partial charge on any atom is 0.311 e. The number of anilines is 1. The molecule has 4 rings (SSSR count). The number of rotatable bonds is 5. The molecule has 3 unspecified atom stereocenters. The normalized spacial score (nSPS) is 25.5. The van der Waals surface area contributed by atoms with Crippen LogP contribution in [-0.4, -0.2) is 31.5 Å². The summed E-state index contributed by atoms with van der Waals surface area (Å²) in [4.78, 5) is 40.3. The largest absolute Gasteiger partial charge is 0.497 e. The molecule has 1 saturated heterocycles. The van der Waals surface area contributed by atoms with Gasteiger partial charge in [-0.1, -0.05) is 29.8 Å². The molecule has 0 spiro atoms. The van der Waals surface area contributed by atoms with Crippen LogP contribution in [0.5, 0.6) is 5.75 Å². The lowest BCUT2D eigenvalue weighted by molar-refractivity contribution is -0.147. The van der Waals surface area contributed by atoms with Crippen LogP contribution in [0.4, 0.5) is 5.69 Å². The van der Waals surface area contributed by atoms with Crippen molar-refractivity contribution in [3.8, 4) is 5.75 Å². The quantitative estimate of drug-likeness (QED) is 0.571. The van der Waals surface area contributed by atoms with Gasteiger partial charge in [-0.2, -0.15) is 0 Å². The molecule has 0 radical (unpaired) electrons. The highest BCUT2D eigenvalue weighted by Crippen LogP contribution is 2.66. The third-order valence-electron chi connectivity index (χ3n) is 5.42. The lowest BCUT2D eigenvalue weighted by Gasteiger charge is -2.22. The second-order valence-corrected chi connectivity index (χ2v) is 7.20. The molecule has 1 aliphatic carbocycles. The molecule has 2 aromatic rings. The number of piperidine rings is 1. The third kappa shape index (κ3) is 2.44. The van der Waals surface area contributed by atoms with E-state index in [1.165, 1.54) is 7.11 Å². The predicted molar refractivity (Wildman–Crippen MR) is 102 cm³/mol. The molecule has 0 bridgehead atoms. The Bertz CT molecular complexity index is 973. The highest BCUT2D eigenvalue weighted by atomic mass is 35.5. The van der Waals surface area contributed by atoms with Crippen LogP contribution < -0.4 is 9.64 Å². The lowest BCUT2D eigenvalue weighted by atomic mass is 9.91. The van der Waals surface area contributed by atoms with E-state index in [2.05, 4.69) is 0 Å². The molecule has 2 fully saturated rings. The maximum absolute atomic E-state index is 13.5. The molecule has 2 aliphatic rings. The van der Waals surface area contributed by atoms with E-state index in [0.29, 0.717) is 22.0 Å². The third-order valence-corrected chi connectivity index (χ3v) is 5.67. The molecule has 7 heteroatoms. The van der Waals surface area contributed by atoms with Gasteiger partial charge in [0.15, 0.2) is 0 Å². The van der Waals surface area contributed by atoms with Crippen LogP contribution in [0.3, 0.4) is 0 Å². The van der Waals surface area contributed by atoms with Crippen LogP contribution in [0.2, 0.25) is 5.02 Å². The zero-order valence-electron chi connectivity index (χ0n) is 15.3. The van der Waals surface area contributed by atoms with Crippen molar-refractivity contribution in [2.75, 3.05) is 18.6 Å². The van der Waals surface area contributed by atoms with Gasteiger partial charge in [-0.3, -0.25) is 14.4 Å². The van der Waals surface area contributed by atoms with Crippen LogP contribution in [0, 0.1) is 11.8 Å². The molecule has 0 N–H and O–H groups in total. The Morgan fingerprint density at radius 2 is 1.89 bits per heavy atom. The van der Waals surface area contributed by atoms with Crippen LogP contribution in [0.1, 0.15) is 12.5 Å². The van der Waals surface area contributed by atoms with E-state index in [-0.39, 0.29) is 6.61 Å². The van der Waals surface area contributed by atoms with Gasteiger partial charge < -0.3 is 9.47 Å². The van der Waals surface area contributed by atoms with Crippen molar-refractivity contribution in [2.45, 2.75) is 12.3 Å². The van der Waals surface area contributed by atoms with Crippen molar-refractivity contribution in [3.05, 3.63) is 59.1 Å². The zero-order chi connectivity index (χ0) is 20.1. The van der Waals surface area contributed by atoms with Gasteiger partial charge in [0.1, 0.15) is 11.2 Å². The van der Waals surface area contributed by atoms with Gasteiger partial charge in [-0.15, -0.1) is 0 Å². The summed E-state index contributed by atoms with van der Waals surface area (Å²) < 4.78 is 10.3. The fourth-order valence-corrected chi connectivity index (χ4v) is 4.30. The number of carbonyl (C=O) groups is 3. The summed E-state index contributed by atoms with van der Waals surface area (Å²) >= 11 is 5.98. The molecule has 2 amide bonds. The molecular weight excluding hydrogens is 382 g/mol. The average Bonchev–Trinajstić information content (AvgIpc) is 3.34. The minimum absolute atomic E-state index is 0.181. The Kier molecular flexibility index (Phi) is 4.38. The first-order valence-corrected chi connectivity index (χ1v) is 9.29. The minimum atomic E-state index is -1.25. The molecule has 2 aromatic carbocycles. The fraction of sp³-hybridized carbons (Fsp3) is 0.286. The van der Waals surface area contributed by atoms with Crippen LogP contribution in [0.15, 0.2) is 48.5 Å².